The highest BCUT2D eigenvalue weighted by Crippen LogP contribution is 2.44. The lowest BCUT2D eigenvalue weighted by Gasteiger charge is -2.45. The monoisotopic (exact) mass is 458 g/mol. The molecule has 2 N–H and O–H groups in total. The maximum Gasteiger partial charge on any atom is 0.326 e. The summed E-state index contributed by atoms with van der Waals surface area (Å²) in [6.07, 6.45) is 8.81. The Morgan fingerprint density at radius 2 is 1.91 bits per heavy atom. The fourth-order valence-electron chi connectivity index (χ4n) is 4.73. The SMILES string of the molecule is CCC[C@@]1(C)C(=O)C=C1N(CC)[C@@H](Cc1ccc(Nc2nccc3cnccc23)cc1)C(=O)O. The summed E-state index contributed by atoms with van der Waals surface area (Å²) in [6.45, 7) is 6.43. The third-order valence-electron chi connectivity index (χ3n) is 6.65. The number of carbonyl (C=O) groups is 2. The Kier molecular flexibility index (Phi) is 6.63. The van der Waals surface area contributed by atoms with Crippen molar-refractivity contribution in [2.24, 2.45) is 5.41 Å². The molecule has 0 radical (unpaired) electrons. The quantitative estimate of drug-likeness (QED) is 0.443. The van der Waals surface area contributed by atoms with Crippen LogP contribution >= 0.6 is 0 Å². The Bertz CT molecular complexity index is 1230. The molecule has 2 heterocycles. The number of allylic oxidation sites excluding steroid dienone is 2. The van der Waals surface area contributed by atoms with Gasteiger partial charge in [-0.2, -0.15) is 0 Å². The molecule has 1 aliphatic rings. The van der Waals surface area contributed by atoms with Crippen LogP contribution in [0.2, 0.25) is 0 Å². The van der Waals surface area contributed by atoms with E-state index < -0.39 is 17.4 Å². The predicted molar refractivity (Wildman–Crippen MR) is 133 cm³/mol. The first-order valence-electron chi connectivity index (χ1n) is 11.7. The number of likely N-dealkylation sites (N-methyl/N-ethyl adjacent to an activating group) is 1. The van der Waals surface area contributed by atoms with Gasteiger partial charge in [0.15, 0.2) is 5.78 Å². The minimum atomic E-state index is -0.892. The van der Waals surface area contributed by atoms with Crippen molar-refractivity contribution in [2.75, 3.05) is 11.9 Å². The summed E-state index contributed by atoms with van der Waals surface area (Å²) in [7, 11) is 0. The summed E-state index contributed by atoms with van der Waals surface area (Å²) in [5.74, 6) is -0.0677. The number of pyridine rings is 2. The molecule has 0 bridgehead atoms. The lowest BCUT2D eigenvalue weighted by molar-refractivity contribution is -0.144. The number of hydrogen-bond donors (Lipinski definition) is 2. The van der Waals surface area contributed by atoms with Crippen LogP contribution in [0.3, 0.4) is 0 Å². The second-order valence-electron chi connectivity index (χ2n) is 8.90. The Hall–Kier alpha value is -3.74. The number of rotatable bonds is 10. The number of anilines is 2. The number of hydrogen-bond acceptors (Lipinski definition) is 6. The zero-order valence-corrected chi connectivity index (χ0v) is 19.8. The Labute approximate surface area is 199 Å². The van der Waals surface area contributed by atoms with Gasteiger partial charge in [0.25, 0.3) is 0 Å². The van der Waals surface area contributed by atoms with E-state index in [9.17, 15) is 14.7 Å². The number of carbonyl (C=O) groups excluding carboxylic acids is 1. The summed E-state index contributed by atoms with van der Waals surface area (Å²) < 4.78 is 0. The van der Waals surface area contributed by atoms with E-state index in [0.29, 0.717) is 13.0 Å². The summed E-state index contributed by atoms with van der Waals surface area (Å²) in [5, 5.41) is 15.4. The second-order valence-corrected chi connectivity index (χ2v) is 8.90. The van der Waals surface area contributed by atoms with Crippen LogP contribution in [0.25, 0.3) is 10.8 Å². The number of ketones is 1. The van der Waals surface area contributed by atoms with Crippen LogP contribution in [0.1, 0.15) is 39.2 Å². The Balaban J connectivity index is 1.52. The van der Waals surface area contributed by atoms with E-state index in [4.69, 9.17) is 0 Å². The van der Waals surface area contributed by atoms with E-state index in [2.05, 4.69) is 15.3 Å². The molecule has 0 unspecified atom stereocenters. The van der Waals surface area contributed by atoms with Gasteiger partial charge in [-0.1, -0.05) is 25.5 Å². The van der Waals surface area contributed by atoms with E-state index in [1.165, 1.54) is 0 Å². The first-order valence-corrected chi connectivity index (χ1v) is 11.7. The standard InChI is InChI=1S/C27H30N4O3/c1-4-12-27(3)23(16-24(27)32)31(5-2)22(26(33)34)15-18-6-8-20(9-7-18)30-25-21-11-13-28-17-19(21)10-14-29-25/h6-11,13-14,16-17,22H,4-5,12,15H2,1-3H3,(H,29,30)(H,33,34)/t22-,27+/m0/s1. The summed E-state index contributed by atoms with van der Waals surface area (Å²) in [6, 6.07) is 10.8. The third kappa shape index (κ3) is 4.38. The molecule has 1 aliphatic carbocycles. The molecular weight excluding hydrogens is 428 g/mol. The molecule has 2 aromatic heterocycles. The van der Waals surface area contributed by atoms with Crippen molar-refractivity contribution in [2.45, 2.75) is 46.1 Å². The van der Waals surface area contributed by atoms with Crippen molar-refractivity contribution < 1.29 is 14.7 Å². The van der Waals surface area contributed by atoms with Gasteiger partial charge in [-0.3, -0.25) is 9.78 Å². The molecule has 34 heavy (non-hydrogen) atoms. The van der Waals surface area contributed by atoms with Gasteiger partial charge < -0.3 is 15.3 Å². The van der Waals surface area contributed by atoms with Crippen LogP contribution in [0.5, 0.6) is 0 Å². The van der Waals surface area contributed by atoms with Crippen molar-refractivity contribution in [3.63, 3.8) is 0 Å². The molecule has 7 nitrogen and oxygen atoms in total. The molecule has 0 spiro atoms. The molecule has 4 rings (SSSR count). The Morgan fingerprint density at radius 3 is 2.56 bits per heavy atom. The molecule has 7 heteroatoms. The van der Waals surface area contributed by atoms with E-state index >= 15 is 0 Å². The number of nitrogens with zero attached hydrogens (tertiary/aromatic N) is 3. The van der Waals surface area contributed by atoms with Gasteiger partial charge in [0.1, 0.15) is 11.9 Å². The highest BCUT2D eigenvalue weighted by molar-refractivity contribution is 6.04. The Morgan fingerprint density at radius 1 is 1.15 bits per heavy atom. The van der Waals surface area contributed by atoms with Crippen LogP contribution in [-0.2, 0) is 16.0 Å². The topological polar surface area (TPSA) is 95.4 Å². The highest BCUT2D eigenvalue weighted by atomic mass is 16.4. The van der Waals surface area contributed by atoms with Gasteiger partial charge in [0.05, 0.1) is 5.41 Å². The molecule has 0 saturated heterocycles. The fourth-order valence-corrected chi connectivity index (χ4v) is 4.73. The number of benzene rings is 1. The van der Waals surface area contributed by atoms with Crippen molar-refractivity contribution in [3.05, 3.63) is 72.3 Å². The van der Waals surface area contributed by atoms with Gasteiger partial charge in [0, 0.05) is 59.8 Å². The second kappa shape index (κ2) is 9.63. The van der Waals surface area contributed by atoms with Crippen molar-refractivity contribution in [1.82, 2.24) is 14.9 Å². The van der Waals surface area contributed by atoms with Crippen molar-refractivity contribution >= 4 is 34.0 Å². The van der Waals surface area contributed by atoms with Gasteiger partial charge in [0.2, 0.25) is 0 Å². The van der Waals surface area contributed by atoms with Crippen LogP contribution in [-0.4, -0.2) is 44.3 Å². The first-order chi connectivity index (χ1) is 16.4. The summed E-state index contributed by atoms with van der Waals surface area (Å²) >= 11 is 0. The van der Waals surface area contributed by atoms with Crippen LogP contribution in [0.15, 0.2) is 66.8 Å². The van der Waals surface area contributed by atoms with E-state index in [1.54, 1.807) is 24.7 Å². The maximum atomic E-state index is 12.3. The normalized spacial score (nSPS) is 18.2. The van der Waals surface area contributed by atoms with Gasteiger partial charge in [-0.15, -0.1) is 0 Å². The van der Waals surface area contributed by atoms with Crippen LogP contribution in [0.4, 0.5) is 11.5 Å². The molecule has 0 aliphatic heterocycles. The number of carboxylic acids is 1. The highest BCUT2D eigenvalue weighted by Gasteiger charge is 2.47. The summed E-state index contributed by atoms with van der Waals surface area (Å²) in [4.78, 5) is 35.0. The fraction of sp³-hybridized carbons (Fsp3) is 0.333. The lowest BCUT2D eigenvalue weighted by Crippen LogP contribution is -2.52. The minimum Gasteiger partial charge on any atom is -0.480 e. The molecule has 176 valence electrons. The smallest absolute Gasteiger partial charge is 0.326 e. The number of aliphatic carboxylic acids is 1. The zero-order valence-electron chi connectivity index (χ0n) is 19.8. The molecule has 0 amide bonds. The average molecular weight is 459 g/mol. The molecule has 2 atom stereocenters. The zero-order chi connectivity index (χ0) is 24.3. The van der Waals surface area contributed by atoms with Crippen molar-refractivity contribution in [1.29, 1.82) is 0 Å². The van der Waals surface area contributed by atoms with E-state index in [1.807, 2.05) is 62.1 Å². The molecular formula is C27H30N4O3. The maximum absolute atomic E-state index is 12.3. The molecule has 0 saturated carbocycles. The predicted octanol–water partition coefficient (Wildman–Crippen LogP) is 4.96. The van der Waals surface area contributed by atoms with Crippen LogP contribution in [0, 0.1) is 5.41 Å². The van der Waals surface area contributed by atoms with E-state index in [-0.39, 0.29) is 5.78 Å². The molecule has 3 aromatic rings. The number of carboxylic acid groups (broad SMARTS) is 1. The molecule has 1 aromatic carbocycles. The first kappa shape index (κ1) is 23.4. The number of aromatic nitrogens is 2. The minimum absolute atomic E-state index is 0.0835. The average Bonchev–Trinajstić information content (AvgIpc) is 2.84. The van der Waals surface area contributed by atoms with Gasteiger partial charge in [-0.05, 0) is 50.1 Å². The van der Waals surface area contributed by atoms with Crippen LogP contribution < -0.4 is 5.32 Å². The summed E-state index contributed by atoms with van der Waals surface area (Å²) in [5.41, 5.74) is 2.02. The number of fused-ring (bicyclic) bond motifs is 1. The number of nitrogens with one attached hydrogen (secondary N) is 1. The van der Waals surface area contributed by atoms with Gasteiger partial charge in [-0.25, -0.2) is 9.78 Å². The molecule has 0 fully saturated rings. The van der Waals surface area contributed by atoms with Crippen molar-refractivity contribution in [3.8, 4) is 0 Å². The largest absolute Gasteiger partial charge is 0.480 e. The van der Waals surface area contributed by atoms with Gasteiger partial charge >= 0.3 is 5.97 Å². The van der Waals surface area contributed by atoms with E-state index in [0.717, 1.165) is 46.4 Å². The lowest BCUT2D eigenvalue weighted by atomic mass is 9.69. The third-order valence-corrected chi connectivity index (χ3v) is 6.65.